The second-order valence-electron chi connectivity index (χ2n) is 6.53. The van der Waals surface area contributed by atoms with Crippen LogP contribution in [0.25, 0.3) is 5.69 Å². The van der Waals surface area contributed by atoms with Crippen LogP contribution < -0.4 is 11.2 Å². The Morgan fingerprint density at radius 2 is 1.85 bits per heavy atom. The Morgan fingerprint density at radius 1 is 1.21 bits per heavy atom. The molecule has 1 aromatic carbocycles. The Labute approximate surface area is 193 Å². The van der Waals surface area contributed by atoms with E-state index in [1.54, 1.807) is 6.26 Å². The molecule has 0 amide bonds. The van der Waals surface area contributed by atoms with Crippen LogP contribution in [0.15, 0.2) is 27.8 Å². The highest BCUT2D eigenvalue weighted by molar-refractivity contribution is 7.98. The van der Waals surface area contributed by atoms with Crippen molar-refractivity contribution >= 4 is 35.3 Å². The van der Waals surface area contributed by atoms with Gasteiger partial charge in [-0.2, -0.15) is 24.9 Å². The Kier molecular flexibility index (Phi) is 8.36. The molecular weight excluding hydrogens is 496 g/mol. The molecule has 0 bridgehead atoms. The summed E-state index contributed by atoms with van der Waals surface area (Å²) >= 11 is 7.28. The van der Waals surface area contributed by atoms with Crippen LogP contribution >= 0.6 is 23.4 Å². The number of thioether (sulfide) groups is 1. The zero-order chi connectivity index (χ0) is 25.1. The molecule has 0 spiro atoms. The summed E-state index contributed by atoms with van der Waals surface area (Å²) in [5.41, 5.74) is -5.92. The number of hydrogen-bond donors (Lipinski definition) is 0. The summed E-state index contributed by atoms with van der Waals surface area (Å²) in [6, 6.07) is 1.36. The van der Waals surface area contributed by atoms with E-state index in [-0.39, 0.29) is 21.8 Å². The first-order valence-electron chi connectivity index (χ1n) is 9.05. The van der Waals surface area contributed by atoms with E-state index >= 15 is 0 Å². The van der Waals surface area contributed by atoms with Gasteiger partial charge in [0.25, 0.3) is 5.56 Å². The average molecular weight is 513 g/mol. The number of ether oxygens (including phenoxy) is 2. The van der Waals surface area contributed by atoms with Crippen molar-refractivity contribution < 1.29 is 36.6 Å². The lowest BCUT2D eigenvalue weighted by atomic mass is 10.2. The molecular formula is C19H17ClF4N2O6S. The Bertz CT molecular complexity index is 1190. The second kappa shape index (κ2) is 10.4. The number of rotatable bonds is 7. The van der Waals surface area contributed by atoms with Crippen LogP contribution in [-0.2, 0) is 27.5 Å². The second-order valence-corrected chi connectivity index (χ2v) is 7.93. The summed E-state index contributed by atoms with van der Waals surface area (Å²) in [7, 11) is 0.744. The fourth-order valence-corrected chi connectivity index (χ4v) is 3.08. The number of benzene rings is 1. The van der Waals surface area contributed by atoms with Crippen LogP contribution in [-0.4, -0.2) is 45.8 Å². The quantitative estimate of drug-likeness (QED) is 0.320. The number of esters is 2. The standard InChI is InChI=1S/C19H17ClF4N2O6S/c1-9(16(28)31-4-5-33-3)32-17(29)10-6-13(12(21)7-11(10)20)26-15(27)8-14(19(22,23)24)25(2)18(26)30/h6-9H,4-5H2,1-3H3/t9-/m1/s1. The lowest BCUT2D eigenvalue weighted by Gasteiger charge is -2.16. The first-order valence-corrected chi connectivity index (χ1v) is 10.8. The molecule has 0 unspecified atom stereocenters. The molecule has 8 nitrogen and oxygen atoms in total. The van der Waals surface area contributed by atoms with Crippen LogP contribution in [0.1, 0.15) is 23.0 Å². The van der Waals surface area contributed by atoms with E-state index in [0.29, 0.717) is 17.9 Å². The Hall–Kier alpha value is -2.80. The number of carbonyl (C=O) groups excluding carboxylic acids is 2. The van der Waals surface area contributed by atoms with E-state index in [4.69, 9.17) is 21.1 Å². The smallest absolute Gasteiger partial charge is 0.431 e. The van der Waals surface area contributed by atoms with Gasteiger partial charge in [0.05, 0.1) is 16.3 Å². The third-order valence-corrected chi connectivity index (χ3v) is 5.14. The highest BCUT2D eigenvalue weighted by Gasteiger charge is 2.35. The minimum atomic E-state index is -5.01. The molecule has 0 fully saturated rings. The fourth-order valence-electron chi connectivity index (χ4n) is 2.60. The summed E-state index contributed by atoms with van der Waals surface area (Å²) in [6.45, 7) is 1.29. The molecule has 1 aromatic heterocycles. The number of nitrogens with zero attached hydrogens (tertiary/aromatic N) is 2. The van der Waals surface area contributed by atoms with Gasteiger partial charge in [-0.3, -0.25) is 9.36 Å². The van der Waals surface area contributed by atoms with Gasteiger partial charge in [0.15, 0.2) is 6.10 Å². The van der Waals surface area contributed by atoms with Crippen LogP contribution in [0.4, 0.5) is 17.6 Å². The predicted molar refractivity (Wildman–Crippen MR) is 111 cm³/mol. The molecule has 0 saturated heterocycles. The number of aromatic nitrogens is 2. The average Bonchev–Trinajstić information content (AvgIpc) is 2.71. The van der Waals surface area contributed by atoms with Crippen molar-refractivity contribution in [2.75, 3.05) is 18.6 Å². The van der Waals surface area contributed by atoms with Gasteiger partial charge in [0.2, 0.25) is 0 Å². The fraction of sp³-hybridized carbons (Fsp3) is 0.368. The minimum absolute atomic E-state index is 0.0729. The highest BCUT2D eigenvalue weighted by atomic mass is 35.5. The summed E-state index contributed by atoms with van der Waals surface area (Å²) in [5.74, 6) is -2.83. The van der Waals surface area contributed by atoms with Crippen molar-refractivity contribution in [1.82, 2.24) is 9.13 Å². The molecule has 0 aliphatic carbocycles. The van der Waals surface area contributed by atoms with E-state index in [1.807, 2.05) is 0 Å². The minimum Gasteiger partial charge on any atom is -0.462 e. The molecule has 33 heavy (non-hydrogen) atoms. The largest absolute Gasteiger partial charge is 0.462 e. The lowest BCUT2D eigenvalue weighted by molar-refractivity contribution is -0.152. The van der Waals surface area contributed by atoms with E-state index in [1.165, 1.54) is 18.7 Å². The summed E-state index contributed by atoms with van der Waals surface area (Å²) in [4.78, 5) is 49.0. The van der Waals surface area contributed by atoms with Crippen LogP contribution in [0.2, 0.25) is 5.02 Å². The monoisotopic (exact) mass is 512 g/mol. The normalized spacial score (nSPS) is 12.4. The maximum absolute atomic E-state index is 14.5. The van der Waals surface area contributed by atoms with Crippen molar-refractivity contribution in [1.29, 1.82) is 0 Å². The first kappa shape index (κ1) is 26.5. The van der Waals surface area contributed by atoms with Gasteiger partial charge in [0.1, 0.15) is 18.1 Å². The molecule has 180 valence electrons. The van der Waals surface area contributed by atoms with Crippen molar-refractivity contribution in [3.63, 3.8) is 0 Å². The third-order valence-electron chi connectivity index (χ3n) is 4.26. The van der Waals surface area contributed by atoms with Crippen LogP contribution in [0.5, 0.6) is 0 Å². The molecule has 14 heteroatoms. The molecule has 0 radical (unpaired) electrons. The maximum Gasteiger partial charge on any atom is 0.431 e. The number of halogens is 5. The lowest BCUT2D eigenvalue weighted by Crippen LogP contribution is -2.41. The van der Waals surface area contributed by atoms with Gasteiger partial charge < -0.3 is 9.47 Å². The molecule has 0 N–H and O–H groups in total. The van der Waals surface area contributed by atoms with Crippen LogP contribution in [0, 0.1) is 5.82 Å². The van der Waals surface area contributed by atoms with Gasteiger partial charge in [-0.15, -0.1) is 0 Å². The summed E-state index contributed by atoms with van der Waals surface area (Å²) in [5, 5.41) is -0.485. The topological polar surface area (TPSA) is 96.6 Å². The van der Waals surface area contributed by atoms with Crippen molar-refractivity contribution in [2.45, 2.75) is 19.2 Å². The first-order chi connectivity index (χ1) is 15.3. The molecule has 1 heterocycles. The van der Waals surface area contributed by atoms with Gasteiger partial charge in [-0.25, -0.2) is 23.3 Å². The molecule has 2 rings (SSSR count). The van der Waals surface area contributed by atoms with E-state index in [9.17, 15) is 36.7 Å². The van der Waals surface area contributed by atoms with Crippen molar-refractivity contribution in [3.05, 3.63) is 61.1 Å². The van der Waals surface area contributed by atoms with Crippen LogP contribution in [0.3, 0.4) is 0 Å². The molecule has 0 aliphatic rings. The van der Waals surface area contributed by atoms with Gasteiger partial charge >= 0.3 is 23.8 Å². The molecule has 2 aromatic rings. The molecule has 0 saturated carbocycles. The van der Waals surface area contributed by atoms with Gasteiger partial charge in [-0.1, -0.05) is 11.6 Å². The summed E-state index contributed by atoms with van der Waals surface area (Å²) < 4.78 is 63.7. The van der Waals surface area contributed by atoms with E-state index in [2.05, 4.69) is 0 Å². The Morgan fingerprint density at radius 3 is 2.42 bits per heavy atom. The molecule has 1 atom stereocenters. The van der Waals surface area contributed by atoms with Crippen molar-refractivity contribution in [3.8, 4) is 5.69 Å². The molecule has 0 aliphatic heterocycles. The number of alkyl halides is 3. The van der Waals surface area contributed by atoms with Gasteiger partial charge in [0, 0.05) is 18.9 Å². The zero-order valence-electron chi connectivity index (χ0n) is 17.4. The Balaban J connectivity index is 2.47. The highest BCUT2D eigenvalue weighted by Crippen LogP contribution is 2.28. The number of carbonyl (C=O) groups is 2. The third kappa shape index (κ3) is 5.96. The SMILES string of the molecule is CSCCOC(=O)[C@@H](C)OC(=O)c1cc(-n2c(=O)cc(C(F)(F)F)n(C)c2=O)c(F)cc1Cl. The van der Waals surface area contributed by atoms with Gasteiger partial charge in [-0.05, 0) is 25.3 Å². The maximum atomic E-state index is 14.5. The van der Waals surface area contributed by atoms with Crippen molar-refractivity contribution in [2.24, 2.45) is 7.05 Å². The summed E-state index contributed by atoms with van der Waals surface area (Å²) in [6.07, 6.45) is -4.59. The van der Waals surface area contributed by atoms with E-state index < -0.39 is 63.3 Å². The zero-order valence-corrected chi connectivity index (χ0v) is 18.9. The number of hydrogen-bond acceptors (Lipinski definition) is 7. The van der Waals surface area contributed by atoms with E-state index in [0.717, 1.165) is 7.05 Å². The predicted octanol–water partition coefficient (Wildman–Crippen LogP) is 2.80.